The van der Waals surface area contributed by atoms with Crippen molar-refractivity contribution >= 4 is 15.8 Å². The molecule has 0 saturated heterocycles. The fourth-order valence-corrected chi connectivity index (χ4v) is 4.33. The minimum atomic E-state index is -3.84. The molecule has 0 bridgehead atoms. The molecule has 108 valence electrons. The molecule has 1 aliphatic heterocycles. The summed E-state index contributed by atoms with van der Waals surface area (Å²) in [4.78, 5) is 11.1. The molecule has 2 aromatic rings. The van der Waals surface area contributed by atoms with Gasteiger partial charge in [0.1, 0.15) is 5.82 Å². The Morgan fingerprint density at radius 3 is 2.43 bits per heavy atom. The van der Waals surface area contributed by atoms with E-state index < -0.39 is 21.6 Å². The van der Waals surface area contributed by atoms with Gasteiger partial charge in [-0.15, -0.1) is 0 Å². The summed E-state index contributed by atoms with van der Waals surface area (Å²) in [5, 5.41) is 9.01. The molecule has 1 N–H and O–H groups in total. The molecular weight excluding hydrogens is 295 g/mol. The molecule has 0 aliphatic carbocycles. The Hall–Kier alpha value is -2.21. The molecule has 6 heteroatoms. The van der Waals surface area contributed by atoms with Gasteiger partial charge in [0.05, 0.1) is 15.4 Å². The quantitative estimate of drug-likeness (QED) is 0.822. The van der Waals surface area contributed by atoms with Crippen molar-refractivity contribution in [1.29, 1.82) is 0 Å². The zero-order valence-electron chi connectivity index (χ0n) is 10.8. The van der Waals surface area contributed by atoms with Gasteiger partial charge in [-0.05, 0) is 54.3 Å². The summed E-state index contributed by atoms with van der Waals surface area (Å²) >= 11 is 0. The topological polar surface area (TPSA) is 71.4 Å². The van der Waals surface area contributed by atoms with Crippen molar-refractivity contribution in [2.75, 3.05) is 0 Å². The number of halogens is 1. The van der Waals surface area contributed by atoms with Crippen LogP contribution in [0.5, 0.6) is 0 Å². The van der Waals surface area contributed by atoms with E-state index in [1.165, 1.54) is 30.3 Å². The normalized spacial score (nSPS) is 15.7. The number of rotatable bonds is 1. The summed E-state index contributed by atoms with van der Waals surface area (Å²) < 4.78 is 38.7. The van der Waals surface area contributed by atoms with Gasteiger partial charge in [0, 0.05) is 0 Å². The van der Waals surface area contributed by atoms with E-state index in [0.717, 1.165) is 6.07 Å². The van der Waals surface area contributed by atoms with Crippen molar-refractivity contribution in [2.24, 2.45) is 0 Å². The van der Waals surface area contributed by atoms with Crippen LogP contribution in [-0.2, 0) is 22.7 Å². The number of hydrogen-bond donors (Lipinski definition) is 1. The molecule has 0 spiro atoms. The van der Waals surface area contributed by atoms with Gasteiger partial charge in [0.2, 0.25) is 9.84 Å². The van der Waals surface area contributed by atoms with Gasteiger partial charge in [0.25, 0.3) is 0 Å². The smallest absolute Gasteiger partial charge is 0.335 e. The summed E-state index contributed by atoms with van der Waals surface area (Å²) in [7, 11) is -3.84. The fourth-order valence-electron chi connectivity index (χ4n) is 2.54. The molecule has 0 aromatic heterocycles. The lowest BCUT2D eigenvalue weighted by Gasteiger charge is -2.08. The number of carboxylic acid groups (broad SMARTS) is 1. The van der Waals surface area contributed by atoms with Gasteiger partial charge in [-0.1, -0.05) is 6.07 Å². The molecule has 0 atom stereocenters. The van der Waals surface area contributed by atoms with Crippen LogP contribution in [0, 0.1) is 5.82 Å². The van der Waals surface area contributed by atoms with Crippen LogP contribution in [0.1, 0.15) is 21.5 Å². The molecule has 0 fully saturated rings. The van der Waals surface area contributed by atoms with Crippen LogP contribution in [0.3, 0.4) is 0 Å². The Morgan fingerprint density at radius 2 is 1.71 bits per heavy atom. The van der Waals surface area contributed by atoms with E-state index >= 15 is 0 Å². The predicted molar refractivity (Wildman–Crippen MR) is 72.7 cm³/mol. The fraction of sp³-hybridized carbons (Fsp3) is 0.133. The van der Waals surface area contributed by atoms with Crippen molar-refractivity contribution in [3.8, 4) is 0 Å². The first-order chi connectivity index (χ1) is 9.89. The second-order valence-electron chi connectivity index (χ2n) is 4.88. The maximum Gasteiger partial charge on any atom is 0.335 e. The van der Waals surface area contributed by atoms with Crippen LogP contribution in [0.15, 0.2) is 46.2 Å². The number of fused-ring (bicyclic) bond motifs is 2. The SMILES string of the molecule is O=C(O)c1ccc2c(c1)S(=O)(=O)c1ccc(F)cc1CC2. The maximum absolute atomic E-state index is 13.3. The first-order valence-electron chi connectivity index (χ1n) is 6.29. The maximum atomic E-state index is 13.3. The Morgan fingerprint density at radius 1 is 1.00 bits per heavy atom. The second kappa shape index (κ2) is 4.66. The Labute approximate surface area is 120 Å². The Bertz CT molecular complexity index is 856. The van der Waals surface area contributed by atoms with E-state index in [-0.39, 0.29) is 15.4 Å². The van der Waals surface area contributed by atoms with Crippen molar-refractivity contribution < 1.29 is 22.7 Å². The minimum absolute atomic E-state index is 0.00671. The number of hydrogen-bond acceptors (Lipinski definition) is 3. The molecule has 2 aromatic carbocycles. The lowest BCUT2D eigenvalue weighted by Crippen LogP contribution is -2.07. The molecule has 0 saturated carbocycles. The average Bonchev–Trinajstić information content (AvgIpc) is 2.54. The number of sulfone groups is 1. The third-order valence-electron chi connectivity index (χ3n) is 3.58. The summed E-state index contributed by atoms with van der Waals surface area (Å²) in [6.45, 7) is 0. The first kappa shape index (κ1) is 13.8. The van der Waals surface area contributed by atoms with Crippen LogP contribution in [-0.4, -0.2) is 19.5 Å². The van der Waals surface area contributed by atoms with E-state index in [9.17, 15) is 17.6 Å². The zero-order chi connectivity index (χ0) is 15.2. The van der Waals surface area contributed by atoms with E-state index in [1.807, 2.05) is 0 Å². The average molecular weight is 306 g/mol. The molecule has 0 unspecified atom stereocenters. The van der Waals surface area contributed by atoms with E-state index in [1.54, 1.807) is 0 Å². The standard InChI is InChI=1S/C15H11FO4S/c16-12-5-6-13-10(7-12)3-1-9-2-4-11(15(17)18)8-14(9)21(13,19)20/h2,4-8H,1,3H2,(H,17,18). The number of carbonyl (C=O) groups is 1. The van der Waals surface area contributed by atoms with Gasteiger partial charge in [0.15, 0.2) is 0 Å². The molecule has 3 rings (SSSR count). The van der Waals surface area contributed by atoms with Crippen molar-refractivity contribution in [2.45, 2.75) is 22.6 Å². The first-order valence-corrected chi connectivity index (χ1v) is 7.77. The molecular formula is C15H11FO4S. The highest BCUT2D eigenvalue weighted by atomic mass is 32.2. The highest BCUT2D eigenvalue weighted by Gasteiger charge is 2.28. The molecule has 4 nitrogen and oxygen atoms in total. The molecule has 21 heavy (non-hydrogen) atoms. The molecule has 0 amide bonds. The van der Waals surface area contributed by atoms with Crippen LogP contribution in [0.25, 0.3) is 0 Å². The van der Waals surface area contributed by atoms with Gasteiger partial charge in [-0.25, -0.2) is 17.6 Å². The van der Waals surface area contributed by atoms with E-state index in [4.69, 9.17) is 5.11 Å². The van der Waals surface area contributed by atoms with Gasteiger partial charge >= 0.3 is 5.97 Å². The summed E-state index contributed by atoms with van der Waals surface area (Å²) in [6, 6.07) is 7.62. The predicted octanol–water partition coefficient (Wildman–Crippen LogP) is 2.46. The minimum Gasteiger partial charge on any atom is -0.478 e. The van der Waals surface area contributed by atoms with Crippen molar-refractivity contribution in [1.82, 2.24) is 0 Å². The van der Waals surface area contributed by atoms with Crippen LogP contribution < -0.4 is 0 Å². The Kier molecular flexibility index (Phi) is 3.06. The number of aromatic carboxylic acids is 1. The molecule has 0 radical (unpaired) electrons. The molecule has 1 heterocycles. The monoisotopic (exact) mass is 306 g/mol. The summed E-state index contributed by atoms with van der Waals surface area (Å²) in [5.41, 5.74) is 0.891. The summed E-state index contributed by atoms with van der Waals surface area (Å²) in [5.74, 6) is -1.67. The van der Waals surface area contributed by atoms with Crippen LogP contribution in [0.2, 0.25) is 0 Å². The lowest BCUT2D eigenvalue weighted by molar-refractivity contribution is 0.0696. The van der Waals surface area contributed by atoms with Crippen LogP contribution >= 0.6 is 0 Å². The van der Waals surface area contributed by atoms with E-state index in [2.05, 4.69) is 0 Å². The third kappa shape index (κ3) is 2.21. The van der Waals surface area contributed by atoms with Crippen LogP contribution in [0.4, 0.5) is 4.39 Å². The molecule has 1 aliphatic rings. The van der Waals surface area contributed by atoms with Crippen molar-refractivity contribution in [3.63, 3.8) is 0 Å². The highest BCUT2D eigenvalue weighted by molar-refractivity contribution is 7.91. The number of carboxylic acids is 1. The van der Waals surface area contributed by atoms with Gasteiger partial charge in [-0.3, -0.25) is 0 Å². The summed E-state index contributed by atoms with van der Waals surface area (Å²) in [6.07, 6.45) is 0.816. The Balaban J connectivity index is 2.29. The number of benzene rings is 2. The third-order valence-corrected chi connectivity index (χ3v) is 5.52. The van der Waals surface area contributed by atoms with Gasteiger partial charge in [-0.2, -0.15) is 0 Å². The second-order valence-corrected chi connectivity index (χ2v) is 6.77. The van der Waals surface area contributed by atoms with E-state index in [0.29, 0.717) is 24.0 Å². The zero-order valence-corrected chi connectivity index (χ0v) is 11.7. The largest absolute Gasteiger partial charge is 0.478 e. The van der Waals surface area contributed by atoms with Crippen molar-refractivity contribution in [3.05, 3.63) is 58.9 Å². The van der Waals surface area contributed by atoms with Gasteiger partial charge < -0.3 is 5.11 Å². The number of aryl methyl sites for hydroxylation is 2. The lowest BCUT2D eigenvalue weighted by atomic mass is 10.0. The highest BCUT2D eigenvalue weighted by Crippen LogP contribution is 2.32.